The van der Waals surface area contributed by atoms with Crippen LogP contribution in [0.3, 0.4) is 0 Å². The molecule has 0 aliphatic rings. The van der Waals surface area contributed by atoms with Crippen LogP contribution >= 0.6 is 0 Å². The molecule has 0 radical (unpaired) electrons. The van der Waals surface area contributed by atoms with Gasteiger partial charge in [0.15, 0.2) is 0 Å². The van der Waals surface area contributed by atoms with Crippen LogP contribution in [0.1, 0.15) is 25.5 Å². The fourth-order valence-electron chi connectivity index (χ4n) is 2.22. The Kier molecular flexibility index (Phi) is 3.91. The van der Waals surface area contributed by atoms with Gasteiger partial charge in [0, 0.05) is 11.6 Å². The van der Waals surface area contributed by atoms with Crippen molar-refractivity contribution in [2.75, 3.05) is 13.1 Å². The number of rotatable bonds is 4. The van der Waals surface area contributed by atoms with Gasteiger partial charge in [0.1, 0.15) is 6.04 Å². The van der Waals surface area contributed by atoms with Gasteiger partial charge in [0.25, 0.3) is 0 Å². The van der Waals surface area contributed by atoms with Crippen LogP contribution in [0.4, 0.5) is 0 Å². The van der Waals surface area contributed by atoms with Crippen molar-refractivity contribution in [1.82, 2.24) is 9.88 Å². The van der Waals surface area contributed by atoms with Gasteiger partial charge in [0.05, 0.1) is 11.6 Å². The molecule has 18 heavy (non-hydrogen) atoms. The Morgan fingerprint density at radius 3 is 2.72 bits per heavy atom. The summed E-state index contributed by atoms with van der Waals surface area (Å²) in [5.74, 6) is 0. The number of fused-ring (bicyclic) bond motifs is 1. The molecule has 0 aliphatic heterocycles. The fourth-order valence-corrected chi connectivity index (χ4v) is 2.22. The monoisotopic (exact) mass is 239 g/mol. The van der Waals surface area contributed by atoms with Gasteiger partial charge in [-0.05, 0) is 36.9 Å². The van der Waals surface area contributed by atoms with Crippen molar-refractivity contribution in [1.29, 1.82) is 5.26 Å². The zero-order chi connectivity index (χ0) is 13.0. The third kappa shape index (κ3) is 2.34. The SMILES string of the molecule is CCN(CC)C(C#N)c1ccc2ncccc2c1. The molecule has 1 atom stereocenters. The third-order valence-corrected chi connectivity index (χ3v) is 3.24. The molecule has 2 rings (SSSR count). The Hall–Kier alpha value is -1.92. The minimum Gasteiger partial charge on any atom is -0.285 e. The maximum absolute atomic E-state index is 9.38. The Bertz CT molecular complexity index is 567. The molecule has 0 spiro atoms. The molecule has 1 aromatic carbocycles. The molecular formula is C15H17N3. The summed E-state index contributed by atoms with van der Waals surface area (Å²) in [6, 6.07) is 12.2. The molecule has 0 fully saturated rings. The Balaban J connectivity index is 2.43. The van der Waals surface area contributed by atoms with Gasteiger partial charge < -0.3 is 0 Å². The van der Waals surface area contributed by atoms with Crippen LogP contribution in [0.25, 0.3) is 10.9 Å². The average Bonchev–Trinajstić information content (AvgIpc) is 2.44. The van der Waals surface area contributed by atoms with E-state index in [-0.39, 0.29) is 6.04 Å². The maximum atomic E-state index is 9.38. The van der Waals surface area contributed by atoms with E-state index >= 15 is 0 Å². The van der Waals surface area contributed by atoms with Gasteiger partial charge in [-0.3, -0.25) is 9.88 Å². The first-order chi connectivity index (χ1) is 8.80. The third-order valence-electron chi connectivity index (χ3n) is 3.24. The number of hydrogen-bond acceptors (Lipinski definition) is 3. The van der Waals surface area contributed by atoms with Crippen molar-refractivity contribution in [2.24, 2.45) is 0 Å². The highest BCUT2D eigenvalue weighted by Gasteiger charge is 2.17. The van der Waals surface area contributed by atoms with Crippen molar-refractivity contribution < 1.29 is 0 Å². The number of pyridine rings is 1. The Labute approximate surface area is 108 Å². The van der Waals surface area contributed by atoms with E-state index in [1.54, 1.807) is 6.20 Å². The zero-order valence-corrected chi connectivity index (χ0v) is 10.8. The molecule has 92 valence electrons. The number of benzene rings is 1. The number of aromatic nitrogens is 1. The van der Waals surface area contributed by atoms with Crippen LogP contribution in [0.5, 0.6) is 0 Å². The summed E-state index contributed by atoms with van der Waals surface area (Å²) in [7, 11) is 0. The van der Waals surface area contributed by atoms with Gasteiger partial charge in [-0.25, -0.2) is 0 Å². The van der Waals surface area contributed by atoms with Crippen molar-refractivity contribution in [3.8, 4) is 6.07 Å². The van der Waals surface area contributed by atoms with Gasteiger partial charge in [-0.15, -0.1) is 0 Å². The Morgan fingerprint density at radius 1 is 1.28 bits per heavy atom. The van der Waals surface area contributed by atoms with Gasteiger partial charge in [-0.1, -0.05) is 26.0 Å². The summed E-state index contributed by atoms with van der Waals surface area (Å²) >= 11 is 0. The molecule has 1 heterocycles. The fraction of sp³-hybridized carbons (Fsp3) is 0.333. The van der Waals surface area contributed by atoms with E-state index in [9.17, 15) is 5.26 Å². The average molecular weight is 239 g/mol. The molecule has 1 unspecified atom stereocenters. The summed E-state index contributed by atoms with van der Waals surface area (Å²) in [5, 5.41) is 10.5. The lowest BCUT2D eigenvalue weighted by molar-refractivity contribution is 0.262. The second kappa shape index (κ2) is 5.61. The van der Waals surface area contributed by atoms with Crippen LogP contribution in [0.2, 0.25) is 0 Å². The molecule has 0 bridgehead atoms. The van der Waals surface area contributed by atoms with E-state index in [0.29, 0.717) is 0 Å². The molecule has 3 nitrogen and oxygen atoms in total. The summed E-state index contributed by atoms with van der Waals surface area (Å²) < 4.78 is 0. The van der Waals surface area contributed by atoms with Gasteiger partial charge >= 0.3 is 0 Å². The van der Waals surface area contributed by atoms with Crippen LogP contribution in [-0.4, -0.2) is 23.0 Å². The van der Waals surface area contributed by atoms with Gasteiger partial charge in [-0.2, -0.15) is 5.26 Å². The minimum absolute atomic E-state index is 0.176. The second-order valence-electron chi connectivity index (χ2n) is 4.21. The lowest BCUT2D eigenvalue weighted by Crippen LogP contribution is -2.27. The molecule has 1 aromatic heterocycles. The first-order valence-electron chi connectivity index (χ1n) is 6.28. The van der Waals surface area contributed by atoms with Gasteiger partial charge in [0.2, 0.25) is 0 Å². The normalized spacial score (nSPS) is 12.6. The van der Waals surface area contributed by atoms with E-state index in [1.165, 1.54) is 0 Å². The highest BCUT2D eigenvalue weighted by atomic mass is 15.1. The van der Waals surface area contributed by atoms with E-state index in [1.807, 2.05) is 24.3 Å². The van der Waals surface area contributed by atoms with Crippen LogP contribution < -0.4 is 0 Å². The molecule has 0 aliphatic carbocycles. The maximum Gasteiger partial charge on any atom is 0.123 e. The smallest absolute Gasteiger partial charge is 0.123 e. The Morgan fingerprint density at radius 2 is 2.06 bits per heavy atom. The summed E-state index contributed by atoms with van der Waals surface area (Å²) in [6.07, 6.45) is 1.79. The van der Waals surface area contributed by atoms with E-state index in [4.69, 9.17) is 0 Å². The molecular weight excluding hydrogens is 222 g/mol. The van der Waals surface area contributed by atoms with Crippen molar-refractivity contribution >= 4 is 10.9 Å². The molecule has 3 heteroatoms. The predicted octanol–water partition coefficient (Wildman–Crippen LogP) is 3.14. The minimum atomic E-state index is -0.176. The molecule has 0 N–H and O–H groups in total. The van der Waals surface area contributed by atoms with Crippen molar-refractivity contribution in [3.05, 3.63) is 42.1 Å². The van der Waals surface area contributed by atoms with E-state index < -0.39 is 0 Å². The quantitative estimate of drug-likeness (QED) is 0.823. The first-order valence-corrected chi connectivity index (χ1v) is 6.28. The summed E-state index contributed by atoms with van der Waals surface area (Å²) in [4.78, 5) is 6.45. The number of nitrogens with zero attached hydrogens (tertiary/aromatic N) is 3. The summed E-state index contributed by atoms with van der Waals surface area (Å²) in [5.41, 5.74) is 2.01. The predicted molar refractivity (Wildman–Crippen MR) is 73.0 cm³/mol. The van der Waals surface area contributed by atoms with Crippen LogP contribution in [-0.2, 0) is 0 Å². The highest BCUT2D eigenvalue weighted by molar-refractivity contribution is 5.79. The largest absolute Gasteiger partial charge is 0.285 e. The standard InChI is InChI=1S/C15H17N3/c1-3-18(4-2)15(11-16)13-7-8-14-12(10-13)6-5-9-17-14/h5-10,15H,3-4H2,1-2H3. The van der Waals surface area contributed by atoms with Crippen LogP contribution in [0.15, 0.2) is 36.5 Å². The number of hydrogen-bond donors (Lipinski definition) is 0. The molecule has 2 aromatic rings. The highest BCUT2D eigenvalue weighted by Crippen LogP contribution is 2.23. The molecule has 0 saturated carbocycles. The number of nitriles is 1. The lowest BCUT2D eigenvalue weighted by atomic mass is 10.0. The topological polar surface area (TPSA) is 39.9 Å². The molecule has 0 saturated heterocycles. The zero-order valence-electron chi connectivity index (χ0n) is 10.8. The lowest BCUT2D eigenvalue weighted by Gasteiger charge is -2.24. The second-order valence-corrected chi connectivity index (χ2v) is 4.21. The van der Waals surface area contributed by atoms with Crippen molar-refractivity contribution in [3.63, 3.8) is 0 Å². The molecule has 0 amide bonds. The summed E-state index contributed by atoms with van der Waals surface area (Å²) in [6.45, 7) is 5.91. The van der Waals surface area contributed by atoms with Crippen molar-refractivity contribution in [2.45, 2.75) is 19.9 Å². The van der Waals surface area contributed by atoms with E-state index in [2.05, 4.69) is 35.9 Å². The van der Waals surface area contributed by atoms with E-state index in [0.717, 1.165) is 29.6 Å². The van der Waals surface area contributed by atoms with Crippen LogP contribution in [0, 0.1) is 11.3 Å². The first kappa shape index (κ1) is 12.5.